The van der Waals surface area contributed by atoms with Gasteiger partial charge in [0, 0.05) is 29.6 Å². The predicted molar refractivity (Wildman–Crippen MR) is 74.9 cm³/mol. The molecule has 0 saturated carbocycles. The Morgan fingerprint density at radius 1 is 1.12 bits per heavy atom. The van der Waals surface area contributed by atoms with Gasteiger partial charge in [0.25, 0.3) is 0 Å². The summed E-state index contributed by atoms with van der Waals surface area (Å²) in [6, 6.07) is 11.8. The van der Waals surface area contributed by atoms with Gasteiger partial charge in [0.2, 0.25) is 0 Å². The topological polar surface area (TPSA) is 24.9 Å². The molecule has 0 fully saturated rings. The smallest absolute Gasteiger partial charge is 0.0637 e. The molecule has 1 aromatic heterocycles. The highest BCUT2D eigenvalue weighted by atomic mass is 35.5. The first-order valence-electron chi connectivity index (χ1n) is 5.37. The molecular formula is C13H13ClN2S. The third-order valence-electron chi connectivity index (χ3n) is 2.21. The highest BCUT2D eigenvalue weighted by Gasteiger charge is 1.97. The van der Waals surface area contributed by atoms with E-state index in [2.05, 4.69) is 10.3 Å². The Hall–Kier alpha value is -1.19. The summed E-state index contributed by atoms with van der Waals surface area (Å²) >= 11 is 7.84. The summed E-state index contributed by atoms with van der Waals surface area (Å²) in [6.07, 6.45) is 3.62. The van der Waals surface area contributed by atoms with E-state index in [0.29, 0.717) is 0 Å². The van der Waals surface area contributed by atoms with E-state index in [1.165, 1.54) is 4.90 Å². The lowest BCUT2D eigenvalue weighted by atomic mass is 10.3. The van der Waals surface area contributed by atoms with E-state index < -0.39 is 0 Å². The molecule has 2 aromatic rings. The van der Waals surface area contributed by atoms with Crippen LogP contribution in [-0.2, 0) is 0 Å². The molecule has 0 bridgehead atoms. The highest BCUT2D eigenvalue weighted by molar-refractivity contribution is 7.99. The fourth-order valence-electron chi connectivity index (χ4n) is 1.39. The minimum absolute atomic E-state index is 0.765. The lowest BCUT2D eigenvalue weighted by molar-refractivity contribution is 1.21. The van der Waals surface area contributed by atoms with Crippen LogP contribution in [0.2, 0.25) is 5.02 Å². The SMILES string of the molecule is Clc1ccccc1NCCSc1ccncc1. The van der Waals surface area contributed by atoms with Crippen molar-refractivity contribution in [1.29, 1.82) is 0 Å². The molecule has 0 saturated heterocycles. The van der Waals surface area contributed by atoms with Crippen molar-refractivity contribution in [3.63, 3.8) is 0 Å². The number of benzene rings is 1. The first kappa shape index (κ1) is 12.3. The number of pyridine rings is 1. The van der Waals surface area contributed by atoms with E-state index in [9.17, 15) is 0 Å². The van der Waals surface area contributed by atoms with Crippen molar-refractivity contribution in [2.45, 2.75) is 4.90 Å². The summed E-state index contributed by atoms with van der Waals surface area (Å²) in [6.45, 7) is 0.886. The quantitative estimate of drug-likeness (QED) is 0.654. The minimum atomic E-state index is 0.765. The zero-order valence-corrected chi connectivity index (χ0v) is 10.8. The Balaban J connectivity index is 1.76. The van der Waals surface area contributed by atoms with E-state index in [4.69, 9.17) is 11.6 Å². The van der Waals surface area contributed by atoms with Gasteiger partial charge in [-0.25, -0.2) is 0 Å². The van der Waals surface area contributed by atoms with Crippen LogP contribution in [0.15, 0.2) is 53.7 Å². The fourth-order valence-corrected chi connectivity index (χ4v) is 2.35. The van der Waals surface area contributed by atoms with E-state index in [0.717, 1.165) is 23.0 Å². The number of rotatable bonds is 5. The summed E-state index contributed by atoms with van der Waals surface area (Å²) in [4.78, 5) is 5.22. The first-order chi connectivity index (χ1) is 8.36. The Kier molecular flexibility index (Phi) is 4.71. The van der Waals surface area contributed by atoms with Crippen LogP contribution in [0.25, 0.3) is 0 Å². The van der Waals surface area contributed by atoms with E-state index in [1.807, 2.05) is 48.8 Å². The van der Waals surface area contributed by atoms with Crippen LogP contribution in [0.3, 0.4) is 0 Å². The van der Waals surface area contributed by atoms with Crippen molar-refractivity contribution in [2.75, 3.05) is 17.6 Å². The zero-order valence-electron chi connectivity index (χ0n) is 9.27. The standard InChI is InChI=1S/C13H13ClN2S/c14-12-3-1-2-4-13(12)16-9-10-17-11-5-7-15-8-6-11/h1-8,16H,9-10H2. The molecule has 0 amide bonds. The lowest BCUT2D eigenvalue weighted by Crippen LogP contribution is -2.04. The Morgan fingerprint density at radius 3 is 2.65 bits per heavy atom. The molecule has 0 aliphatic rings. The summed E-state index contributed by atoms with van der Waals surface area (Å²) < 4.78 is 0. The van der Waals surface area contributed by atoms with Gasteiger partial charge in [-0.05, 0) is 24.3 Å². The van der Waals surface area contributed by atoms with Crippen LogP contribution in [-0.4, -0.2) is 17.3 Å². The van der Waals surface area contributed by atoms with Crippen molar-refractivity contribution in [3.05, 3.63) is 53.8 Å². The maximum Gasteiger partial charge on any atom is 0.0637 e. The number of halogens is 1. The van der Waals surface area contributed by atoms with Crippen molar-refractivity contribution in [2.24, 2.45) is 0 Å². The van der Waals surface area contributed by atoms with Crippen LogP contribution >= 0.6 is 23.4 Å². The molecule has 4 heteroatoms. The molecule has 0 aliphatic carbocycles. The van der Waals surface area contributed by atoms with Gasteiger partial charge in [-0.1, -0.05) is 23.7 Å². The molecule has 2 nitrogen and oxygen atoms in total. The number of nitrogens with one attached hydrogen (secondary N) is 1. The van der Waals surface area contributed by atoms with E-state index >= 15 is 0 Å². The van der Waals surface area contributed by atoms with Crippen molar-refractivity contribution >= 4 is 29.1 Å². The number of para-hydroxylation sites is 1. The van der Waals surface area contributed by atoms with E-state index in [-0.39, 0.29) is 0 Å². The van der Waals surface area contributed by atoms with Crippen LogP contribution in [0, 0.1) is 0 Å². The minimum Gasteiger partial charge on any atom is -0.383 e. The molecular weight excluding hydrogens is 252 g/mol. The molecule has 17 heavy (non-hydrogen) atoms. The molecule has 0 aliphatic heterocycles. The molecule has 2 rings (SSSR count). The zero-order chi connectivity index (χ0) is 11.9. The van der Waals surface area contributed by atoms with Crippen LogP contribution in [0.1, 0.15) is 0 Å². The second kappa shape index (κ2) is 6.52. The number of nitrogens with zero attached hydrogens (tertiary/aromatic N) is 1. The van der Waals surface area contributed by atoms with Crippen molar-refractivity contribution in [3.8, 4) is 0 Å². The Morgan fingerprint density at radius 2 is 1.88 bits per heavy atom. The van der Waals surface area contributed by atoms with Crippen molar-refractivity contribution < 1.29 is 0 Å². The average molecular weight is 265 g/mol. The van der Waals surface area contributed by atoms with Gasteiger partial charge in [0.15, 0.2) is 0 Å². The normalized spacial score (nSPS) is 10.2. The molecule has 1 heterocycles. The maximum atomic E-state index is 6.04. The third kappa shape index (κ3) is 3.95. The average Bonchev–Trinajstić information content (AvgIpc) is 2.38. The molecule has 88 valence electrons. The molecule has 0 unspecified atom stereocenters. The predicted octanol–water partition coefficient (Wildman–Crippen LogP) is 3.94. The number of aromatic nitrogens is 1. The molecule has 0 spiro atoms. The van der Waals surface area contributed by atoms with Gasteiger partial charge in [0.05, 0.1) is 10.7 Å². The largest absolute Gasteiger partial charge is 0.383 e. The summed E-state index contributed by atoms with van der Waals surface area (Å²) in [7, 11) is 0. The Bertz CT molecular complexity index is 462. The second-order valence-electron chi connectivity index (χ2n) is 3.44. The van der Waals surface area contributed by atoms with Crippen LogP contribution < -0.4 is 5.32 Å². The number of thioether (sulfide) groups is 1. The Labute approximate surface area is 110 Å². The van der Waals surface area contributed by atoms with Gasteiger partial charge in [-0.15, -0.1) is 11.8 Å². The van der Waals surface area contributed by atoms with Gasteiger partial charge < -0.3 is 5.32 Å². The van der Waals surface area contributed by atoms with Crippen LogP contribution in [0.4, 0.5) is 5.69 Å². The van der Waals surface area contributed by atoms with Gasteiger partial charge in [0.1, 0.15) is 0 Å². The number of anilines is 1. The molecule has 1 N–H and O–H groups in total. The lowest BCUT2D eigenvalue weighted by Gasteiger charge is -2.07. The van der Waals surface area contributed by atoms with Gasteiger partial charge in [-0.3, -0.25) is 4.98 Å². The van der Waals surface area contributed by atoms with Gasteiger partial charge >= 0.3 is 0 Å². The maximum absolute atomic E-state index is 6.04. The summed E-state index contributed by atoms with van der Waals surface area (Å²) in [5.74, 6) is 0.995. The first-order valence-corrected chi connectivity index (χ1v) is 6.74. The third-order valence-corrected chi connectivity index (χ3v) is 3.55. The monoisotopic (exact) mass is 264 g/mol. The second-order valence-corrected chi connectivity index (χ2v) is 5.01. The van der Waals surface area contributed by atoms with Crippen molar-refractivity contribution in [1.82, 2.24) is 4.98 Å². The van der Waals surface area contributed by atoms with Gasteiger partial charge in [-0.2, -0.15) is 0 Å². The molecule has 0 radical (unpaired) electrons. The summed E-state index contributed by atoms with van der Waals surface area (Å²) in [5, 5.41) is 4.08. The van der Waals surface area contributed by atoms with Crippen LogP contribution in [0.5, 0.6) is 0 Å². The fraction of sp³-hybridized carbons (Fsp3) is 0.154. The summed E-state index contributed by atoms with van der Waals surface area (Å²) in [5.41, 5.74) is 0.990. The number of hydrogen-bond acceptors (Lipinski definition) is 3. The van der Waals surface area contributed by atoms with E-state index in [1.54, 1.807) is 11.8 Å². The number of hydrogen-bond donors (Lipinski definition) is 1. The molecule has 1 aromatic carbocycles. The molecule has 0 atom stereocenters. The highest BCUT2D eigenvalue weighted by Crippen LogP contribution is 2.21.